The van der Waals surface area contributed by atoms with E-state index in [9.17, 15) is 9.59 Å². The number of carbonyl (C=O) groups is 2. The van der Waals surface area contributed by atoms with Gasteiger partial charge in [0, 0.05) is 18.8 Å². The highest BCUT2D eigenvalue weighted by Crippen LogP contribution is 2.33. The van der Waals surface area contributed by atoms with E-state index < -0.39 is 11.6 Å². The molecule has 0 atom stereocenters. The monoisotopic (exact) mass is 404 g/mol. The van der Waals surface area contributed by atoms with Crippen LogP contribution in [0.3, 0.4) is 0 Å². The van der Waals surface area contributed by atoms with E-state index in [0.29, 0.717) is 12.8 Å². The van der Waals surface area contributed by atoms with Crippen LogP contribution in [-0.4, -0.2) is 35.2 Å². The Morgan fingerprint density at radius 1 is 1.03 bits per heavy atom. The van der Waals surface area contributed by atoms with Crippen molar-refractivity contribution in [2.45, 2.75) is 51.1 Å². The normalized spacial score (nSPS) is 18.2. The van der Waals surface area contributed by atoms with E-state index in [1.807, 2.05) is 30.3 Å². The van der Waals surface area contributed by atoms with Crippen LogP contribution in [0.15, 0.2) is 59.7 Å². The molecule has 2 fully saturated rings. The molecule has 1 aliphatic heterocycles. The molecule has 6 nitrogen and oxygen atoms in total. The molecular weight excluding hydrogens is 376 g/mol. The topological polar surface area (TPSA) is 65.0 Å². The van der Waals surface area contributed by atoms with Crippen molar-refractivity contribution in [3.63, 3.8) is 0 Å². The zero-order chi connectivity index (χ0) is 21.0. The first kappa shape index (κ1) is 20.1. The molecule has 1 spiro atoms. The largest absolute Gasteiger partial charge is 0.367 e. The van der Waals surface area contributed by atoms with E-state index in [-0.39, 0.29) is 5.91 Å². The molecule has 4 rings (SSSR count). The summed E-state index contributed by atoms with van der Waals surface area (Å²) in [6.07, 6.45) is 6.01. The molecule has 2 aromatic rings. The third-order valence-corrected chi connectivity index (χ3v) is 6.03. The zero-order valence-corrected chi connectivity index (χ0v) is 17.4. The van der Waals surface area contributed by atoms with Crippen molar-refractivity contribution in [3.8, 4) is 0 Å². The number of hydrogen-bond donors (Lipinski definition) is 1. The first-order chi connectivity index (χ1) is 14.6. The Morgan fingerprint density at radius 2 is 1.73 bits per heavy atom. The van der Waals surface area contributed by atoms with Gasteiger partial charge in [0.2, 0.25) is 0 Å². The highest BCUT2D eigenvalue weighted by Gasteiger charge is 2.51. The number of imide groups is 1. The van der Waals surface area contributed by atoms with Gasteiger partial charge in [0.05, 0.1) is 6.21 Å². The molecule has 1 saturated carbocycles. The van der Waals surface area contributed by atoms with Crippen LogP contribution in [-0.2, 0) is 11.3 Å². The second-order valence-electron chi connectivity index (χ2n) is 8.03. The molecule has 3 amide bonds. The zero-order valence-electron chi connectivity index (χ0n) is 17.4. The number of rotatable bonds is 6. The van der Waals surface area contributed by atoms with E-state index >= 15 is 0 Å². The van der Waals surface area contributed by atoms with Crippen molar-refractivity contribution < 1.29 is 9.59 Å². The summed E-state index contributed by atoms with van der Waals surface area (Å²) in [5.74, 6) is -0.222. The molecule has 156 valence electrons. The van der Waals surface area contributed by atoms with E-state index in [1.54, 1.807) is 6.21 Å². The Hall–Kier alpha value is -3.15. The van der Waals surface area contributed by atoms with Gasteiger partial charge in [-0.3, -0.25) is 4.79 Å². The van der Waals surface area contributed by atoms with Crippen LogP contribution >= 0.6 is 0 Å². The van der Waals surface area contributed by atoms with Crippen LogP contribution in [0.4, 0.5) is 10.5 Å². The van der Waals surface area contributed by atoms with Crippen LogP contribution in [0.1, 0.15) is 50.2 Å². The van der Waals surface area contributed by atoms with Crippen LogP contribution in [0.2, 0.25) is 0 Å². The number of urea groups is 1. The number of amides is 3. The lowest BCUT2D eigenvalue weighted by Gasteiger charge is -2.29. The van der Waals surface area contributed by atoms with E-state index in [1.165, 1.54) is 5.56 Å². The number of anilines is 1. The predicted octanol–water partition coefficient (Wildman–Crippen LogP) is 4.30. The molecule has 6 heteroatoms. The number of nitrogens with zero attached hydrogens (tertiary/aromatic N) is 3. The standard InChI is InChI=1S/C24H28N4O2/c1-2-27(18-20-9-5-3-6-10-20)21-13-11-19(12-14-21)17-25-28-22(29)24(26-23(28)30)15-7-4-8-16-24/h3,5-6,9-14,17H,2,4,7-8,15-16,18H2,1H3,(H,26,30)/b25-17-. The number of nitrogens with one attached hydrogen (secondary N) is 1. The number of hydrazone groups is 1. The third kappa shape index (κ3) is 4.08. The quantitative estimate of drug-likeness (QED) is 0.577. The summed E-state index contributed by atoms with van der Waals surface area (Å²) in [6, 6.07) is 18.0. The number of carbonyl (C=O) groups excluding carboxylic acids is 2. The fourth-order valence-electron chi connectivity index (χ4n) is 4.29. The maximum atomic E-state index is 12.8. The Labute approximate surface area is 177 Å². The first-order valence-corrected chi connectivity index (χ1v) is 10.7. The summed E-state index contributed by atoms with van der Waals surface area (Å²) in [4.78, 5) is 27.4. The average molecular weight is 405 g/mol. The first-order valence-electron chi connectivity index (χ1n) is 10.7. The molecule has 30 heavy (non-hydrogen) atoms. The second-order valence-corrected chi connectivity index (χ2v) is 8.03. The fraction of sp³-hybridized carbons (Fsp3) is 0.375. The Morgan fingerprint density at radius 3 is 2.40 bits per heavy atom. The molecule has 0 unspecified atom stereocenters. The van der Waals surface area contributed by atoms with Gasteiger partial charge in [0.1, 0.15) is 5.54 Å². The Kier molecular flexibility index (Phi) is 5.84. The summed E-state index contributed by atoms with van der Waals surface area (Å²) < 4.78 is 0. The van der Waals surface area contributed by atoms with Gasteiger partial charge >= 0.3 is 6.03 Å². The fourth-order valence-corrected chi connectivity index (χ4v) is 4.29. The highest BCUT2D eigenvalue weighted by molar-refractivity contribution is 6.07. The summed E-state index contributed by atoms with van der Waals surface area (Å²) in [5.41, 5.74) is 2.49. The predicted molar refractivity (Wildman–Crippen MR) is 118 cm³/mol. The Balaban J connectivity index is 1.43. The summed E-state index contributed by atoms with van der Waals surface area (Å²) in [6.45, 7) is 3.87. The van der Waals surface area contributed by atoms with Gasteiger partial charge in [-0.15, -0.1) is 5.01 Å². The van der Waals surface area contributed by atoms with Crippen molar-refractivity contribution in [1.82, 2.24) is 10.3 Å². The molecule has 0 aromatic heterocycles. The SMILES string of the molecule is CCN(Cc1ccccc1)c1ccc(/C=N\N2C(=O)NC3(CCCCC3)C2=O)cc1. The molecule has 1 heterocycles. The van der Waals surface area contributed by atoms with Crippen molar-refractivity contribution in [1.29, 1.82) is 0 Å². The number of hydrogen-bond acceptors (Lipinski definition) is 4. The van der Waals surface area contributed by atoms with Gasteiger partial charge in [-0.05, 0) is 43.0 Å². The van der Waals surface area contributed by atoms with Crippen molar-refractivity contribution in [2.75, 3.05) is 11.4 Å². The van der Waals surface area contributed by atoms with E-state index in [2.05, 4.69) is 46.5 Å². The third-order valence-electron chi connectivity index (χ3n) is 6.03. The van der Waals surface area contributed by atoms with Crippen molar-refractivity contribution in [2.24, 2.45) is 5.10 Å². The van der Waals surface area contributed by atoms with Crippen LogP contribution in [0, 0.1) is 0 Å². The minimum absolute atomic E-state index is 0.222. The number of benzene rings is 2. The lowest BCUT2D eigenvalue weighted by atomic mass is 9.82. The summed E-state index contributed by atoms with van der Waals surface area (Å²) >= 11 is 0. The van der Waals surface area contributed by atoms with Gasteiger partial charge in [-0.2, -0.15) is 5.10 Å². The smallest absolute Gasteiger partial charge is 0.346 e. The second kappa shape index (κ2) is 8.69. The van der Waals surface area contributed by atoms with Gasteiger partial charge in [0.15, 0.2) is 0 Å². The lowest BCUT2D eigenvalue weighted by Crippen LogP contribution is -2.48. The molecule has 0 radical (unpaired) electrons. The average Bonchev–Trinajstić information content (AvgIpc) is 3.01. The molecular formula is C24H28N4O2. The van der Waals surface area contributed by atoms with Gasteiger partial charge in [-0.25, -0.2) is 4.79 Å². The minimum Gasteiger partial charge on any atom is -0.367 e. The maximum Gasteiger partial charge on any atom is 0.346 e. The van der Waals surface area contributed by atoms with E-state index in [4.69, 9.17) is 0 Å². The van der Waals surface area contributed by atoms with Crippen LogP contribution in [0.25, 0.3) is 0 Å². The molecule has 1 N–H and O–H groups in total. The highest BCUT2D eigenvalue weighted by atomic mass is 16.2. The summed E-state index contributed by atoms with van der Waals surface area (Å²) in [7, 11) is 0. The minimum atomic E-state index is -0.740. The molecule has 0 bridgehead atoms. The van der Waals surface area contributed by atoms with E-state index in [0.717, 1.165) is 48.6 Å². The van der Waals surface area contributed by atoms with Crippen molar-refractivity contribution >= 4 is 23.8 Å². The summed E-state index contributed by atoms with van der Waals surface area (Å²) in [5, 5.41) is 8.07. The molecule has 2 aliphatic rings. The lowest BCUT2D eigenvalue weighted by molar-refractivity contribution is -0.132. The Bertz CT molecular complexity index is 918. The molecule has 1 aliphatic carbocycles. The van der Waals surface area contributed by atoms with Gasteiger partial charge in [0.25, 0.3) is 5.91 Å². The molecule has 1 saturated heterocycles. The maximum absolute atomic E-state index is 12.8. The van der Waals surface area contributed by atoms with Crippen LogP contribution < -0.4 is 10.2 Å². The van der Waals surface area contributed by atoms with Crippen LogP contribution in [0.5, 0.6) is 0 Å². The van der Waals surface area contributed by atoms with Gasteiger partial charge in [-0.1, -0.05) is 61.7 Å². The van der Waals surface area contributed by atoms with Crippen molar-refractivity contribution in [3.05, 3.63) is 65.7 Å². The molecule has 2 aromatic carbocycles. The van der Waals surface area contributed by atoms with Gasteiger partial charge < -0.3 is 10.2 Å².